The van der Waals surface area contributed by atoms with Gasteiger partial charge in [-0.15, -0.1) is 5.10 Å². The molecule has 0 bridgehead atoms. The number of hydrogen-bond donors (Lipinski definition) is 1. The summed E-state index contributed by atoms with van der Waals surface area (Å²) < 4.78 is 6.04. The second-order valence-corrected chi connectivity index (χ2v) is 7.30. The van der Waals surface area contributed by atoms with Crippen LogP contribution in [0.15, 0.2) is 16.6 Å². The van der Waals surface area contributed by atoms with Crippen molar-refractivity contribution >= 4 is 29.6 Å². The lowest BCUT2D eigenvalue weighted by Crippen LogP contribution is -2.34. The Hall–Kier alpha value is -2.10. The molecule has 0 fully saturated rings. The third-order valence-electron chi connectivity index (χ3n) is 3.46. The highest BCUT2D eigenvalue weighted by Crippen LogP contribution is 2.22. The smallest absolute Gasteiger partial charge is 0.427 e. The van der Waals surface area contributed by atoms with Gasteiger partial charge in [0.05, 0.1) is 12.3 Å². The molecule has 1 N–H and O–H groups in total. The van der Waals surface area contributed by atoms with Gasteiger partial charge in [-0.1, -0.05) is 32.5 Å². The molecule has 1 aromatic rings. The predicted molar refractivity (Wildman–Crippen MR) is 102 cm³/mol. The maximum absolute atomic E-state index is 12.2. The molecule has 0 radical (unpaired) electrons. The molecule has 1 aromatic heterocycles. The zero-order valence-electron chi connectivity index (χ0n) is 16.3. The monoisotopic (exact) mass is 384 g/mol. The van der Waals surface area contributed by atoms with Crippen molar-refractivity contribution in [3.8, 4) is 0 Å². The van der Waals surface area contributed by atoms with Gasteiger partial charge in [0.15, 0.2) is 0 Å². The zero-order valence-corrected chi connectivity index (χ0v) is 17.1. The first-order valence-corrected chi connectivity index (χ1v) is 9.54. The standard InChI is InChI=1S/C16H28N6O3S/c1-7-21(8-2)15(24)22-11-17-13(20-22)26-10-12(16(4,5)6)18-19-14(23)25-9-3/h11H,7-10H2,1-6H3,(H,19,23). The molecular weight excluding hydrogens is 356 g/mol. The molecule has 0 saturated carbocycles. The van der Waals surface area contributed by atoms with Gasteiger partial charge in [0.25, 0.3) is 0 Å². The Kier molecular flexibility index (Phi) is 8.56. The van der Waals surface area contributed by atoms with Crippen LogP contribution in [-0.2, 0) is 4.74 Å². The number of hydrogen-bond acceptors (Lipinski definition) is 7. The highest BCUT2D eigenvalue weighted by molar-refractivity contribution is 7.99. The van der Waals surface area contributed by atoms with E-state index >= 15 is 0 Å². The van der Waals surface area contributed by atoms with E-state index < -0.39 is 6.09 Å². The summed E-state index contributed by atoms with van der Waals surface area (Å²) in [5, 5.41) is 8.85. The number of ether oxygens (including phenoxy) is 1. The lowest BCUT2D eigenvalue weighted by Gasteiger charge is -2.20. The molecule has 0 unspecified atom stereocenters. The quantitative estimate of drug-likeness (QED) is 0.441. The van der Waals surface area contributed by atoms with Crippen LogP contribution in [0.3, 0.4) is 0 Å². The molecular formula is C16H28N6O3S. The van der Waals surface area contributed by atoms with E-state index in [9.17, 15) is 9.59 Å². The number of carbonyl (C=O) groups excluding carboxylic acids is 2. The van der Waals surface area contributed by atoms with E-state index in [2.05, 4.69) is 20.6 Å². The molecule has 1 heterocycles. The van der Waals surface area contributed by atoms with Crippen molar-refractivity contribution in [1.82, 2.24) is 25.1 Å². The Morgan fingerprint density at radius 2 is 1.96 bits per heavy atom. The largest absolute Gasteiger partial charge is 0.449 e. The van der Waals surface area contributed by atoms with Crippen molar-refractivity contribution in [3.05, 3.63) is 6.33 Å². The van der Waals surface area contributed by atoms with Crippen LogP contribution in [0, 0.1) is 5.41 Å². The minimum atomic E-state index is -0.591. The van der Waals surface area contributed by atoms with Crippen LogP contribution in [0.4, 0.5) is 9.59 Å². The van der Waals surface area contributed by atoms with E-state index in [0.29, 0.717) is 24.0 Å². The van der Waals surface area contributed by atoms with Gasteiger partial charge in [-0.2, -0.15) is 9.78 Å². The molecule has 0 atom stereocenters. The molecule has 1 rings (SSSR count). The van der Waals surface area contributed by atoms with Gasteiger partial charge in [0.1, 0.15) is 6.33 Å². The molecule has 2 amide bonds. The fourth-order valence-electron chi connectivity index (χ4n) is 1.87. The van der Waals surface area contributed by atoms with Crippen molar-refractivity contribution in [2.45, 2.75) is 46.7 Å². The summed E-state index contributed by atoms with van der Waals surface area (Å²) in [6.07, 6.45) is 0.819. The van der Waals surface area contributed by atoms with Crippen molar-refractivity contribution in [2.75, 3.05) is 25.4 Å². The molecule has 26 heavy (non-hydrogen) atoms. The van der Waals surface area contributed by atoms with Gasteiger partial charge < -0.3 is 9.64 Å². The van der Waals surface area contributed by atoms with Gasteiger partial charge in [0.2, 0.25) is 5.16 Å². The number of nitrogens with one attached hydrogen (secondary N) is 1. The first-order valence-electron chi connectivity index (χ1n) is 8.56. The molecule has 0 saturated heterocycles. The summed E-state index contributed by atoms with van der Waals surface area (Å²) in [7, 11) is 0. The Balaban J connectivity index is 2.76. The maximum Gasteiger partial charge on any atom is 0.427 e. The molecule has 0 aliphatic rings. The Morgan fingerprint density at radius 1 is 1.31 bits per heavy atom. The Bertz CT molecular complexity index is 634. The predicted octanol–water partition coefficient (Wildman–Crippen LogP) is 2.83. The van der Waals surface area contributed by atoms with E-state index in [0.717, 1.165) is 5.71 Å². The van der Waals surface area contributed by atoms with Crippen LogP contribution in [0.1, 0.15) is 41.5 Å². The average Bonchev–Trinajstić information content (AvgIpc) is 3.03. The second-order valence-electron chi connectivity index (χ2n) is 6.36. The summed E-state index contributed by atoms with van der Waals surface area (Å²) in [4.78, 5) is 29.5. The Morgan fingerprint density at radius 3 is 2.50 bits per heavy atom. The van der Waals surface area contributed by atoms with Crippen LogP contribution < -0.4 is 5.43 Å². The van der Waals surface area contributed by atoms with E-state index in [1.165, 1.54) is 22.8 Å². The SMILES string of the molecule is CCOC(=O)NN=C(CSc1ncn(C(=O)N(CC)CC)n1)C(C)(C)C. The van der Waals surface area contributed by atoms with Gasteiger partial charge in [-0.25, -0.2) is 20.0 Å². The van der Waals surface area contributed by atoms with Crippen molar-refractivity contribution < 1.29 is 14.3 Å². The molecule has 0 spiro atoms. The van der Waals surface area contributed by atoms with Crippen molar-refractivity contribution in [2.24, 2.45) is 10.5 Å². The summed E-state index contributed by atoms with van der Waals surface area (Å²) in [6.45, 7) is 13.0. The minimum Gasteiger partial charge on any atom is -0.449 e. The first kappa shape index (κ1) is 21.9. The van der Waals surface area contributed by atoms with E-state index in [-0.39, 0.29) is 18.1 Å². The number of amides is 2. The highest BCUT2D eigenvalue weighted by Gasteiger charge is 2.21. The number of nitrogens with zero attached hydrogens (tertiary/aromatic N) is 5. The first-order chi connectivity index (χ1) is 12.2. The van der Waals surface area contributed by atoms with Gasteiger partial charge in [-0.3, -0.25) is 0 Å². The van der Waals surface area contributed by atoms with Crippen LogP contribution in [-0.4, -0.2) is 62.9 Å². The number of rotatable bonds is 7. The summed E-state index contributed by atoms with van der Waals surface area (Å²) in [5.41, 5.74) is 2.88. The van der Waals surface area contributed by atoms with Crippen molar-refractivity contribution in [1.29, 1.82) is 0 Å². The fraction of sp³-hybridized carbons (Fsp3) is 0.688. The summed E-state index contributed by atoms with van der Waals surface area (Å²) >= 11 is 1.35. The second kappa shape index (κ2) is 10.1. The molecule has 146 valence electrons. The molecule has 0 aliphatic carbocycles. The van der Waals surface area contributed by atoms with Crippen LogP contribution >= 0.6 is 11.8 Å². The maximum atomic E-state index is 12.2. The fourth-order valence-corrected chi connectivity index (χ4v) is 2.90. The lowest BCUT2D eigenvalue weighted by atomic mass is 9.91. The number of hydrazone groups is 1. The number of aromatic nitrogens is 3. The van der Waals surface area contributed by atoms with E-state index in [1.807, 2.05) is 34.6 Å². The van der Waals surface area contributed by atoms with Crippen LogP contribution in [0.25, 0.3) is 0 Å². The number of carbonyl (C=O) groups is 2. The van der Waals surface area contributed by atoms with Gasteiger partial charge in [0, 0.05) is 24.3 Å². The lowest BCUT2D eigenvalue weighted by molar-refractivity contribution is 0.152. The van der Waals surface area contributed by atoms with E-state index in [4.69, 9.17) is 4.74 Å². The van der Waals surface area contributed by atoms with Gasteiger partial charge >= 0.3 is 12.1 Å². The van der Waals surface area contributed by atoms with Crippen molar-refractivity contribution in [3.63, 3.8) is 0 Å². The summed E-state index contributed by atoms with van der Waals surface area (Å²) in [5.74, 6) is 0.472. The third kappa shape index (κ3) is 6.66. The zero-order chi connectivity index (χ0) is 19.7. The molecule has 0 aliphatic heterocycles. The third-order valence-corrected chi connectivity index (χ3v) is 4.33. The normalized spacial score (nSPS) is 12.0. The van der Waals surface area contributed by atoms with Crippen LogP contribution in [0.2, 0.25) is 0 Å². The van der Waals surface area contributed by atoms with Crippen LogP contribution in [0.5, 0.6) is 0 Å². The molecule has 10 heteroatoms. The Labute approximate surface area is 158 Å². The average molecular weight is 385 g/mol. The van der Waals surface area contributed by atoms with Gasteiger partial charge in [-0.05, 0) is 20.8 Å². The van der Waals surface area contributed by atoms with E-state index in [1.54, 1.807) is 11.8 Å². The topological polar surface area (TPSA) is 102 Å². The molecule has 0 aromatic carbocycles. The summed E-state index contributed by atoms with van der Waals surface area (Å²) in [6, 6.07) is -0.206. The number of thioether (sulfide) groups is 1. The minimum absolute atomic E-state index is 0.206. The molecule has 9 nitrogen and oxygen atoms in total. The highest BCUT2D eigenvalue weighted by atomic mass is 32.2.